The number of benzene rings is 3. The maximum atomic E-state index is 12.2. The fourth-order valence-electron chi connectivity index (χ4n) is 2.61. The number of nitrogens with zero attached hydrogens (tertiary/aromatic N) is 1. The molecule has 0 fully saturated rings. The van der Waals surface area contributed by atoms with Crippen molar-refractivity contribution < 1.29 is 9.59 Å². The van der Waals surface area contributed by atoms with Gasteiger partial charge in [0.15, 0.2) is 0 Å². The monoisotopic (exact) mass is 464 g/mol. The van der Waals surface area contributed by atoms with Gasteiger partial charge in [-0.2, -0.15) is 5.10 Å². The van der Waals surface area contributed by atoms with E-state index in [1.54, 1.807) is 31.2 Å². The molecule has 0 radical (unpaired) electrons. The van der Waals surface area contributed by atoms with Gasteiger partial charge in [0.05, 0.1) is 6.42 Å². The highest BCUT2D eigenvalue weighted by molar-refractivity contribution is 9.10. The van der Waals surface area contributed by atoms with Crippen LogP contribution in [0.25, 0.3) is 0 Å². The molecule has 0 bridgehead atoms. The Balaban J connectivity index is 1.48. The zero-order valence-electron chi connectivity index (χ0n) is 16.4. The van der Waals surface area contributed by atoms with Crippen molar-refractivity contribution in [2.45, 2.75) is 13.3 Å². The fraction of sp³-hybridized carbons (Fsp3) is 0.0870. The highest BCUT2D eigenvalue weighted by Gasteiger charge is 2.07. The van der Waals surface area contributed by atoms with E-state index in [1.807, 2.05) is 54.6 Å². The van der Waals surface area contributed by atoms with E-state index in [4.69, 9.17) is 0 Å². The molecule has 30 heavy (non-hydrogen) atoms. The van der Waals surface area contributed by atoms with Gasteiger partial charge in [0.1, 0.15) is 0 Å². The van der Waals surface area contributed by atoms with Crippen LogP contribution in [0.3, 0.4) is 0 Å². The predicted octanol–water partition coefficient (Wildman–Crippen LogP) is 5.33. The molecule has 0 spiro atoms. The van der Waals surface area contributed by atoms with Crippen LogP contribution in [-0.4, -0.2) is 17.5 Å². The third kappa shape index (κ3) is 6.56. The zero-order chi connectivity index (χ0) is 21.3. The second kappa shape index (κ2) is 10.4. The maximum Gasteiger partial charge on any atom is 0.271 e. The van der Waals surface area contributed by atoms with Crippen molar-refractivity contribution in [3.05, 3.63) is 88.9 Å². The quantitative estimate of drug-likeness (QED) is 0.326. The smallest absolute Gasteiger partial charge is 0.271 e. The summed E-state index contributed by atoms with van der Waals surface area (Å²) in [5.41, 5.74) is 6.05. The van der Waals surface area contributed by atoms with E-state index in [0.717, 1.165) is 15.8 Å². The average molecular weight is 465 g/mol. The Bertz CT molecular complexity index is 1030. The Labute approximate surface area is 183 Å². The average Bonchev–Trinajstić information content (AvgIpc) is 2.74. The van der Waals surface area contributed by atoms with Crippen LogP contribution in [0.15, 0.2) is 88.4 Å². The summed E-state index contributed by atoms with van der Waals surface area (Å²) in [6.07, 6.45) is 0.0740. The molecule has 7 heteroatoms. The first-order valence-corrected chi connectivity index (χ1v) is 10.1. The molecular formula is C23H21BrN4O2. The summed E-state index contributed by atoms with van der Waals surface area (Å²) in [6, 6.07) is 24.2. The first-order chi connectivity index (χ1) is 14.5. The second-order valence-electron chi connectivity index (χ2n) is 6.59. The molecular weight excluding hydrogens is 444 g/mol. The van der Waals surface area contributed by atoms with Crippen LogP contribution in [0.1, 0.15) is 23.7 Å². The molecule has 0 saturated heterocycles. The van der Waals surface area contributed by atoms with Gasteiger partial charge in [-0.3, -0.25) is 9.59 Å². The Morgan fingerprint density at radius 1 is 0.833 bits per heavy atom. The van der Waals surface area contributed by atoms with Gasteiger partial charge >= 0.3 is 0 Å². The van der Waals surface area contributed by atoms with Gasteiger partial charge in [0, 0.05) is 32.8 Å². The van der Waals surface area contributed by atoms with Gasteiger partial charge in [-0.15, -0.1) is 0 Å². The van der Waals surface area contributed by atoms with Crippen LogP contribution in [0.2, 0.25) is 0 Å². The van der Waals surface area contributed by atoms with E-state index in [0.29, 0.717) is 17.0 Å². The molecule has 0 atom stereocenters. The van der Waals surface area contributed by atoms with Crippen LogP contribution < -0.4 is 16.1 Å². The van der Waals surface area contributed by atoms with E-state index >= 15 is 0 Å². The molecule has 0 heterocycles. The van der Waals surface area contributed by atoms with Gasteiger partial charge in [0.2, 0.25) is 5.91 Å². The summed E-state index contributed by atoms with van der Waals surface area (Å²) in [5, 5.41) is 10.1. The van der Waals surface area contributed by atoms with Crippen LogP contribution in [-0.2, 0) is 4.79 Å². The highest BCUT2D eigenvalue weighted by atomic mass is 79.9. The number of nitrogens with one attached hydrogen (secondary N) is 3. The lowest BCUT2D eigenvalue weighted by molar-refractivity contribution is -0.115. The summed E-state index contributed by atoms with van der Waals surface area (Å²) in [6.45, 7) is 1.69. The molecule has 3 aromatic carbocycles. The number of para-hydroxylation sites is 1. The van der Waals surface area contributed by atoms with E-state index < -0.39 is 0 Å². The lowest BCUT2D eigenvalue weighted by Crippen LogP contribution is -2.21. The molecule has 152 valence electrons. The van der Waals surface area contributed by atoms with Gasteiger partial charge in [-0.05, 0) is 67.6 Å². The summed E-state index contributed by atoms with van der Waals surface area (Å²) < 4.78 is 0.888. The zero-order valence-corrected chi connectivity index (χ0v) is 17.9. The summed E-state index contributed by atoms with van der Waals surface area (Å²) >= 11 is 3.32. The summed E-state index contributed by atoms with van der Waals surface area (Å²) in [5.74, 6) is -0.540. The first kappa shape index (κ1) is 21.3. The van der Waals surface area contributed by atoms with Crippen molar-refractivity contribution >= 4 is 50.5 Å². The minimum atomic E-state index is -0.330. The predicted molar refractivity (Wildman–Crippen MR) is 124 cm³/mol. The van der Waals surface area contributed by atoms with Gasteiger partial charge in [-0.1, -0.05) is 34.1 Å². The van der Waals surface area contributed by atoms with Gasteiger partial charge in [-0.25, -0.2) is 5.43 Å². The summed E-state index contributed by atoms with van der Waals surface area (Å²) in [4.78, 5) is 24.3. The minimum absolute atomic E-state index is 0.0740. The Hall–Kier alpha value is -3.45. The van der Waals surface area contributed by atoms with Crippen molar-refractivity contribution in [3.8, 4) is 0 Å². The number of hydrogen-bond acceptors (Lipinski definition) is 4. The number of halogens is 1. The number of carbonyl (C=O) groups is 2. The molecule has 0 aliphatic rings. The van der Waals surface area contributed by atoms with Crippen molar-refractivity contribution in [1.82, 2.24) is 5.43 Å². The van der Waals surface area contributed by atoms with E-state index in [2.05, 4.69) is 37.1 Å². The van der Waals surface area contributed by atoms with Crippen LogP contribution >= 0.6 is 15.9 Å². The van der Waals surface area contributed by atoms with Gasteiger partial charge < -0.3 is 10.6 Å². The summed E-state index contributed by atoms with van der Waals surface area (Å²) in [7, 11) is 0. The van der Waals surface area contributed by atoms with Crippen LogP contribution in [0.4, 0.5) is 17.1 Å². The molecule has 0 aliphatic heterocycles. The normalized spacial score (nSPS) is 10.9. The van der Waals surface area contributed by atoms with Crippen molar-refractivity contribution in [3.63, 3.8) is 0 Å². The molecule has 0 aromatic heterocycles. The molecule has 0 saturated carbocycles. The topological polar surface area (TPSA) is 82.6 Å². The molecule has 3 aromatic rings. The van der Waals surface area contributed by atoms with E-state index in [9.17, 15) is 9.59 Å². The number of rotatable bonds is 7. The second-order valence-corrected chi connectivity index (χ2v) is 7.50. The number of hydrazone groups is 1. The Kier molecular flexibility index (Phi) is 7.34. The Morgan fingerprint density at radius 2 is 1.43 bits per heavy atom. The molecule has 6 nitrogen and oxygen atoms in total. The highest BCUT2D eigenvalue weighted by Crippen LogP contribution is 2.18. The number of anilines is 3. The fourth-order valence-corrected chi connectivity index (χ4v) is 2.88. The molecule has 0 unspecified atom stereocenters. The number of carbonyl (C=O) groups excluding carboxylic acids is 2. The van der Waals surface area contributed by atoms with Crippen molar-refractivity contribution in [2.75, 3.05) is 10.6 Å². The third-order valence-corrected chi connectivity index (χ3v) is 4.63. The van der Waals surface area contributed by atoms with E-state index in [1.165, 1.54) is 0 Å². The van der Waals surface area contributed by atoms with Crippen LogP contribution in [0.5, 0.6) is 0 Å². The van der Waals surface area contributed by atoms with Crippen LogP contribution in [0, 0.1) is 0 Å². The van der Waals surface area contributed by atoms with Gasteiger partial charge in [0.25, 0.3) is 5.91 Å². The van der Waals surface area contributed by atoms with Crippen molar-refractivity contribution in [2.24, 2.45) is 5.10 Å². The number of hydrogen-bond donors (Lipinski definition) is 3. The SMILES string of the molecule is C/C(CC(=O)Nc1ccc(Nc2ccccc2)cc1)=N\NC(=O)c1ccc(Br)cc1. The Morgan fingerprint density at radius 3 is 2.10 bits per heavy atom. The maximum absolute atomic E-state index is 12.2. The molecule has 3 N–H and O–H groups in total. The molecule has 3 rings (SSSR count). The lowest BCUT2D eigenvalue weighted by atomic mass is 10.2. The number of amides is 2. The van der Waals surface area contributed by atoms with Crippen molar-refractivity contribution in [1.29, 1.82) is 0 Å². The lowest BCUT2D eigenvalue weighted by Gasteiger charge is -2.09. The minimum Gasteiger partial charge on any atom is -0.356 e. The standard InChI is InChI=1S/C23H21BrN4O2/c1-16(27-28-23(30)17-7-9-18(24)10-8-17)15-22(29)26-21-13-11-20(12-14-21)25-19-5-3-2-4-6-19/h2-14,25H,15H2,1H3,(H,26,29)(H,28,30)/b27-16+. The third-order valence-electron chi connectivity index (χ3n) is 4.10. The largest absolute Gasteiger partial charge is 0.356 e. The first-order valence-electron chi connectivity index (χ1n) is 9.30. The molecule has 2 amide bonds. The molecule has 0 aliphatic carbocycles. The van der Waals surface area contributed by atoms with E-state index in [-0.39, 0.29) is 18.2 Å².